The summed E-state index contributed by atoms with van der Waals surface area (Å²) in [4.78, 5) is 11.6. The van der Waals surface area contributed by atoms with Crippen molar-refractivity contribution in [3.8, 4) is 0 Å². The predicted molar refractivity (Wildman–Crippen MR) is 75.1 cm³/mol. The van der Waals surface area contributed by atoms with E-state index in [0.717, 1.165) is 23.5 Å². The van der Waals surface area contributed by atoms with E-state index in [1.165, 1.54) is 12.1 Å². The molecule has 3 nitrogen and oxygen atoms in total. The molecule has 0 aliphatic heterocycles. The number of anilines is 1. The Morgan fingerprint density at radius 3 is 2.57 bits per heavy atom. The minimum atomic E-state index is -4.47. The van der Waals surface area contributed by atoms with Crippen LogP contribution in [0.15, 0.2) is 30.3 Å². The Bertz CT molecular complexity index is 670. The first-order valence-electron chi connectivity index (χ1n) is 5.69. The molecule has 0 unspecified atom stereocenters. The Morgan fingerprint density at radius 1 is 1.29 bits per heavy atom. The molecule has 0 atom stereocenters. The van der Waals surface area contributed by atoms with Crippen LogP contribution in [-0.2, 0) is 12.7 Å². The van der Waals surface area contributed by atoms with Gasteiger partial charge in [-0.2, -0.15) is 13.2 Å². The van der Waals surface area contributed by atoms with E-state index in [2.05, 4.69) is 5.32 Å². The number of nitrogens with one attached hydrogen (secondary N) is 1. The van der Waals surface area contributed by atoms with E-state index in [4.69, 9.17) is 16.7 Å². The summed E-state index contributed by atoms with van der Waals surface area (Å²) in [6.45, 7) is 0.218. The van der Waals surface area contributed by atoms with Crippen molar-refractivity contribution in [2.24, 2.45) is 0 Å². The molecule has 0 saturated carbocycles. The standard InChI is InChI=1S/C13H9ClF3NO2S/c14-8-3-7(13(15,16)17)4-9(5-8)18-6-10-1-2-11(21-10)12(19)20/h1-5,18H,6H2,(H,19,20). The minimum Gasteiger partial charge on any atom is -0.477 e. The zero-order valence-corrected chi connectivity index (χ0v) is 11.9. The SMILES string of the molecule is O=C(O)c1ccc(CNc2cc(Cl)cc(C(F)(F)F)c2)s1. The Morgan fingerprint density at radius 2 is 2.00 bits per heavy atom. The maximum absolute atomic E-state index is 12.7. The van der Waals surface area contributed by atoms with Gasteiger partial charge in [-0.15, -0.1) is 11.3 Å². The average Bonchev–Trinajstić information content (AvgIpc) is 2.83. The highest BCUT2D eigenvalue weighted by Crippen LogP contribution is 2.33. The van der Waals surface area contributed by atoms with Crippen LogP contribution in [0.2, 0.25) is 5.02 Å². The van der Waals surface area contributed by atoms with Gasteiger partial charge in [-0.1, -0.05) is 11.6 Å². The fraction of sp³-hybridized carbons (Fsp3) is 0.154. The van der Waals surface area contributed by atoms with E-state index in [-0.39, 0.29) is 22.1 Å². The number of rotatable bonds is 4. The molecular weight excluding hydrogens is 327 g/mol. The summed E-state index contributed by atoms with van der Waals surface area (Å²) in [5.41, 5.74) is -0.616. The van der Waals surface area contributed by atoms with Crippen molar-refractivity contribution in [1.29, 1.82) is 0 Å². The second-order valence-corrected chi connectivity index (χ2v) is 5.76. The Hall–Kier alpha value is -1.73. The predicted octanol–water partition coefficient (Wildman–Crippen LogP) is 4.73. The van der Waals surface area contributed by atoms with E-state index in [1.807, 2.05) is 0 Å². The van der Waals surface area contributed by atoms with Crippen molar-refractivity contribution >= 4 is 34.6 Å². The van der Waals surface area contributed by atoms with E-state index < -0.39 is 17.7 Å². The van der Waals surface area contributed by atoms with Crippen LogP contribution in [0.4, 0.5) is 18.9 Å². The summed E-state index contributed by atoms with van der Waals surface area (Å²) >= 11 is 6.73. The second kappa shape index (κ2) is 5.95. The van der Waals surface area contributed by atoms with Crippen molar-refractivity contribution in [1.82, 2.24) is 0 Å². The highest BCUT2D eigenvalue weighted by Gasteiger charge is 2.31. The summed E-state index contributed by atoms with van der Waals surface area (Å²) in [7, 11) is 0. The molecule has 0 amide bonds. The summed E-state index contributed by atoms with van der Waals surface area (Å²) in [6.07, 6.45) is -4.47. The molecule has 0 bridgehead atoms. The van der Waals surface area contributed by atoms with E-state index in [1.54, 1.807) is 6.07 Å². The lowest BCUT2D eigenvalue weighted by Crippen LogP contribution is -2.06. The number of carbonyl (C=O) groups is 1. The summed E-state index contributed by atoms with van der Waals surface area (Å²) < 4.78 is 38.0. The number of aromatic carboxylic acids is 1. The van der Waals surface area contributed by atoms with Gasteiger partial charge in [0, 0.05) is 22.1 Å². The third-order valence-corrected chi connectivity index (χ3v) is 3.86. The molecule has 0 fully saturated rings. The van der Waals surface area contributed by atoms with Gasteiger partial charge in [0.1, 0.15) is 4.88 Å². The highest BCUT2D eigenvalue weighted by molar-refractivity contribution is 7.13. The van der Waals surface area contributed by atoms with Crippen LogP contribution >= 0.6 is 22.9 Å². The number of hydrogen-bond acceptors (Lipinski definition) is 3. The minimum absolute atomic E-state index is 0.0234. The van der Waals surface area contributed by atoms with Gasteiger partial charge in [0.05, 0.1) is 5.56 Å². The number of alkyl halides is 3. The molecule has 2 N–H and O–H groups in total. The van der Waals surface area contributed by atoms with Crippen LogP contribution < -0.4 is 5.32 Å². The van der Waals surface area contributed by atoms with Crippen molar-refractivity contribution in [3.05, 3.63) is 50.7 Å². The summed E-state index contributed by atoms with van der Waals surface area (Å²) in [6, 6.07) is 6.24. The molecule has 2 aromatic rings. The van der Waals surface area contributed by atoms with Crippen LogP contribution in [0.3, 0.4) is 0 Å². The zero-order chi connectivity index (χ0) is 15.6. The lowest BCUT2D eigenvalue weighted by atomic mass is 10.2. The third kappa shape index (κ3) is 4.12. The van der Waals surface area contributed by atoms with Gasteiger partial charge in [-0.25, -0.2) is 4.79 Å². The largest absolute Gasteiger partial charge is 0.477 e. The highest BCUT2D eigenvalue weighted by atomic mass is 35.5. The van der Waals surface area contributed by atoms with Gasteiger partial charge in [-0.3, -0.25) is 0 Å². The lowest BCUT2D eigenvalue weighted by Gasteiger charge is -2.11. The first kappa shape index (κ1) is 15.7. The number of carboxylic acids is 1. The number of halogens is 4. The molecule has 8 heteroatoms. The van der Waals surface area contributed by atoms with Gasteiger partial charge < -0.3 is 10.4 Å². The molecule has 2 rings (SSSR count). The topological polar surface area (TPSA) is 49.3 Å². The molecule has 0 spiro atoms. The number of benzene rings is 1. The first-order valence-corrected chi connectivity index (χ1v) is 6.89. The van der Waals surface area contributed by atoms with Gasteiger partial charge in [-0.05, 0) is 30.3 Å². The Labute approximate surface area is 127 Å². The van der Waals surface area contributed by atoms with Gasteiger partial charge in [0.2, 0.25) is 0 Å². The van der Waals surface area contributed by atoms with Crippen molar-refractivity contribution in [2.75, 3.05) is 5.32 Å². The van der Waals surface area contributed by atoms with Gasteiger partial charge in [0.15, 0.2) is 0 Å². The fourth-order valence-corrected chi connectivity index (χ4v) is 2.65. The van der Waals surface area contributed by atoms with E-state index in [9.17, 15) is 18.0 Å². The van der Waals surface area contributed by atoms with E-state index >= 15 is 0 Å². The monoisotopic (exact) mass is 335 g/mol. The summed E-state index contributed by atoms with van der Waals surface area (Å²) in [5, 5.41) is 11.6. The zero-order valence-electron chi connectivity index (χ0n) is 10.4. The Kier molecular flexibility index (Phi) is 4.43. The van der Waals surface area contributed by atoms with Crippen molar-refractivity contribution in [3.63, 3.8) is 0 Å². The maximum atomic E-state index is 12.7. The van der Waals surface area contributed by atoms with Crippen molar-refractivity contribution < 1.29 is 23.1 Å². The normalized spacial score (nSPS) is 11.4. The van der Waals surface area contributed by atoms with E-state index in [0.29, 0.717) is 4.88 Å². The molecule has 0 aliphatic carbocycles. The number of thiophene rings is 1. The van der Waals surface area contributed by atoms with Crippen molar-refractivity contribution in [2.45, 2.75) is 12.7 Å². The van der Waals surface area contributed by atoms with Crippen LogP contribution in [0.25, 0.3) is 0 Å². The molecule has 0 saturated heterocycles. The quantitative estimate of drug-likeness (QED) is 0.849. The molecule has 21 heavy (non-hydrogen) atoms. The fourth-order valence-electron chi connectivity index (χ4n) is 1.63. The lowest BCUT2D eigenvalue weighted by molar-refractivity contribution is -0.137. The number of hydrogen-bond donors (Lipinski definition) is 2. The molecule has 0 aliphatic rings. The molecule has 1 aromatic carbocycles. The molecular formula is C13H9ClF3NO2S. The second-order valence-electron chi connectivity index (χ2n) is 4.15. The third-order valence-electron chi connectivity index (χ3n) is 2.56. The smallest absolute Gasteiger partial charge is 0.416 e. The van der Waals surface area contributed by atoms with Crippen LogP contribution in [0, 0.1) is 0 Å². The Balaban J connectivity index is 2.12. The molecule has 112 valence electrons. The first-order chi connectivity index (χ1) is 9.75. The summed E-state index contributed by atoms with van der Waals surface area (Å²) in [5.74, 6) is -1.03. The average molecular weight is 336 g/mol. The van der Waals surface area contributed by atoms with Gasteiger partial charge in [0.25, 0.3) is 0 Å². The molecule has 1 aromatic heterocycles. The van der Waals surface area contributed by atoms with Crippen LogP contribution in [0.1, 0.15) is 20.1 Å². The molecule has 1 heterocycles. The van der Waals surface area contributed by atoms with Gasteiger partial charge >= 0.3 is 12.1 Å². The van der Waals surface area contributed by atoms with Crippen LogP contribution in [0.5, 0.6) is 0 Å². The van der Waals surface area contributed by atoms with Crippen LogP contribution in [-0.4, -0.2) is 11.1 Å². The number of carboxylic acid groups (broad SMARTS) is 1. The molecule has 0 radical (unpaired) electrons. The maximum Gasteiger partial charge on any atom is 0.416 e.